The SMILES string of the molecule is Cc1cccc(-c2nc(C(=O)Nc3cccc([N+](=O)[O-])c3)nn2-c2ccc(F)cc2)c1. The normalized spacial score (nSPS) is 10.6. The lowest BCUT2D eigenvalue weighted by atomic mass is 10.1. The molecule has 0 bridgehead atoms. The molecule has 154 valence electrons. The van der Waals surface area contributed by atoms with Gasteiger partial charge in [-0.15, -0.1) is 5.10 Å². The van der Waals surface area contributed by atoms with Gasteiger partial charge in [-0.05, 0) is 43.3 Å². The van der Waals surface area contributed by atoms with Crippen LogP contribution in [0.4, 0.5) is 15.8 Å². The van der Waals surface area contributed by atoms with Crippen LogP contribution in [0.2, 0.25) is 0 Å². The minimum absolute atomic E-state index is 0.132. The monoisotopic (exact) mass is 417 g/mol. The highest BCUT2D eigenvalue weighted by Crippen LogP contribution is 2.23. The van der Waals surface area contributed by atoms with Crippen molar-refractivity contribution < 1.29 is 14.1 Å². The molecule has 0 aliphatic carbocycles. The van der Waals surface area contributed by atoms with Gasteiger partial charge in [0, 0.05) is 23.4 Å². The van der Waals surface area contributed by atoms with Crippen LogP contribution in [0.3, 0.4) is 0 Å². The summed E-state index contributed by atoms with van der Waals surface area (Å²) >= 11 is 0. The van der Waals surface area contributed by atoms with Crippen molar-refractivity contribution in [3.8, 4) is 17.1 Å². The topological polar surface area (TPSA) is 103 Å². The number of non-ortho nitro benzene ring substituents is 1. The predicted molar refractivity (Wildman–Crippen MR) is 113 cm³/mol. The van der Waals surface area contributed by atoms with E-state index in [-0.39, 0.29) is 17.2 Å². The number of nitrogens with one attached hydrogen (secondary N) is 1. The van der Waals surface area contributed by atoms with Crippen molar-refractivity contribution in [3.05, 3.63) is 100 Å². The van der Waals surface area contributed by atoms with E-state index in [4.69, 9.17) is 0 Å². The quantitative estimate of drug-likeness (QED) is 0.379. The second-order valence-electron chi connectivity index (χ2n) is 6.78. The average Bonchev–Trinajstić information content (AvgIpc) is 3.20. The number of anilines is 1. The summed E-state index contributed by atoms with van der Waals surface area (Å²) in [5.41, 5.74) is 2.34. The molecule has 0 unspecified atom stereocenters. The van der Waals surface area contributed by atoms with Crippen molar-refractivity contribution in [1.29, 1.82) is 0 Å². The van der Waals surface area contributed by atoms with Gasteiger partial charge >= 0.3 is 0 Å². The third-order valence-electron chi connectivity index (χ3n) is 4.47. The molecule has 0 saturated carbocycles. The maximum atomic E-state index is 13.4. The van der Waals surface area contributed by atoms with Gasteiger partial charge in [-0.1, -0.05) is 29.8 Å². The standard InChI is InChI=1S/C22H16FN5O3/c1-14-4-2-5-15(12-14)21-25-20(26-27(21)18-10-8-16(23)9-11-18)22(29)24-17-6-3-7-19(13-17)28(30)31/h2-13H,1H3,(H,24,29). The van der Waals surface area contributed by atoms with E-state index in [1.807, 2.05) is 31.2 Å². The van der Waals surface area contributed by atoms with Gasteiger partial charge in [-0.3, -0.25) is 14.9 Å². The number of nitro groups is 1. The highest BCUT2D eigenvalue weighted by atomic mass is 19.1. The minimum atomic E-state index is -0.629. The van der Waals surface area contributed by atoms with Crippen LogP contribution in [0.15, 0.2) is 72.8 Å². The molecule has 0 radical (unpaired) electrons. The van der Waals surface area contributed by atoms with Crippen molar-refractivity contribution in [2.45, 2.75) is 6.92 Å². The summed E-state index contributed by atoms with van der Waals surface area (Å²) in [6.07, 6.45) is 0. The second kappa shape index (κ2) is 8.15. The number of halogens is 1. The summed E-state index contributed by atoms with van der Waals surface area (Å²) in [6.45, 7) is 1.93. The molecule has 1 amide bonds. The molecular weight excluding hydrogens is 401 g/mol. The number of hydrogen-bond donors (Lipinski definition) is 1. The zero-order valence-corrected chi connectivity index (χ0v) is 16.3. The Balaban J connectivity index is 1.74. The van der Waals surface area contributed by atoms with Crippen LogP contribution in [-0.4, -0.2) is 25.6 Å². The Kier molecular flexibility index (Phi) is 5.23. The van der Waals surface area contributed by atoms with Gasteiger partial charge in [0.1, 0.15) is 5.82 Å². The molecule has 31 heavy (non-hydrogen) atoms. The molecular formula is C22H16FN5O3. The molecule has 0 fully saturated rings. The third kappa shape index (κ3) is 4.30. The summed E-state index contributed by atoms with van der Waals surface area (Å²) in [5.74, 6) is -0.758. The molecule has 3 aromatic carbocycles. The molecule has 4 rings (SSSR count). The van der Waals surface area contributed by atoms with E-state index in [2.05, 4.69) is 15.4 Å². The first kappa shape index (κ1) is 19.9. The van der Waals surface area contributed by atoms with Crippen LogP contribution in [0.5, 0.6) is 0 Å². The first-order valence-corrected chi connectivity index (χ1v) is 9.26. The molecule has 8 nitrogen and oxygen atoms in total. The number of hydrogen-bond acceptors (Lipinski definition) is 5. The van der Waals surface area contributed by atoms with Crippen LogP contribution in [0, 0.1) is 22.9 Å². The van der Waals surface area contributed by atoms with Crippen LogP contribution in [-0.2, 0) is 0 Å². The largest absolute Gasteiger partial charge is 0.319 e. The number of aryl methyl sites for hydroxylation is 1. The van der Waals surface area contributed by atoms with Gasteiger partial charge in [0.2, 0.25) is 5.82 Å². The van der Waals surface area contributed by atoms with Gasteiger partial charge in [0.15, 0.2) is 5.82 Å². The fraction of sp³-hybridized carbons (Fsp3) is 0.0455. The minimum Gasteiger partial charge on any atom is -0.319 e. The lowest BCUT2D eigenvalue weighted by Gasteiger charge is -2.06. The predicted octanol–water partition coefficient (Wildman–Crippen LogP) is 4.54. The number of nitro benzene ring substituents is 1. The van der Waals surface area contributed by atoms with E-state index in [1.54, 1.807) is 0 Å². The van der Waals surface area contributed by atoms with Crippen molar-refractivity contribution in [2.24, 2.45) is 0 Å². The van der Waals surface area contributed by atoms with Crippen LogP contribution in [0.1, 0.15) is 16.2 Å². The second-order valence-corrected chi connectivity index (χ2v) is 6.78. The van der Waals surface area contributed by atoms with Gasteiger partial charge in [0.25, 0.3) is 11.6 Å². The number of carbonyl (C=O) groups excluding carboxylic acids is 1. The maximum Gasteiger partial charge on any atom is 0.295 e. The Morgan fingerprint density at radius 1 is 1.06 bits per heavy atom. The summed E-state index contributed by atoms with van der Waals surface area (Å²) in [7, 11) is 0. The number of benzene rings is 3. The van der Waals surface area contributed by atoms with Crippen molar-refractivity contribution >= 4 is 17.3 Å². The van der Waals surface area contributed by atoms with Crippen LogP contribution < -0.4 is 5.32 Å². The fourth-order valence-corrected chi connectivity index (χ4v) is 3.03. The smallest absolute Gasteiger partial charge is 0.295 e. The molecule has 1 aromatic heterocycles. The molecule has 4 aromatic rings. The summed E-state index contributed by atoms with van der Waals surface area (Å²) in [4.78, 5) is 27.6. The first-order valence-electron chi connectivity index (χ1n) is 9.26. The number of aromatic nitrogens is 3. The molecule has 0 aliphatic heterocycles. The Bertz CT molecular complexity index is 1280. The summed E-state index contributed by atoms with van der Waals surface area (Å²) < 4.78 is 14.8. The Labute approximate surface area is 176 Å². The molecule has 0 spiro atoms. The van der Waals surface area contributed by atoms with Crippen molar-refractivity contribution in [2.75, 3.05) is 5.32 Å². The van der Waals surface area contributed by atoms with Gasteiger partial charge in [0.05, 0.1) is 10.6 Å². The third-order valence-corrected chi connectivity index (χ3v) is 4.47. The van der Waals surface area contributed by atoms with E-state index < -0.39 is 16.6 Å². The number of carbonyl (C=O) groups is 1. The van der Waals surface area contributed by atoms with E-state index in [9.17, 15) is 19.3 Å². The summed E-state index contributed by atoms with van der Waals surface area (Å²) in [6, 6.07) is 18.7. The van der Waals surface area contributed by atoms with Crippen LogP contribution >= 0.6 is 0 Å². The Hall–Kier alpha value is -4.40. The van der Waals surface area contributed by atoms with Crippen molar-refractivity contribution in [1.82, 2.24) is 14.8 Å². The van der Waals surface area contributed by atoms with E-state index >= 15 is 0 Å². The average molecular weight is 417 g/mol. The molecule has 1 N–H and O–H groups in total. The van der Waals surface area contributed by atoms with Crippen LogP contribution in [0.25, 0.3) is 17.1 Å². The highest BCUT2D eigenvalue weighted by Gasteiger charge is 2.20. The van der Waals surface area contributed by atoms with Crippen molar-refractivity contribution in [3.63, 3.8) is 0 Å². The van der Waals surface area contributed by atoms with E-state index in [1.165, 1.54) is 53.2 Å². The fourth-order valence-electron chi connectivity index (χ4n) is 3.03. The molecule has 0 aliphatic rings. The van der Waals surface area contributed by atoms with E-state index in [0.717, 1.165) is 11.1 Å². The Morgan fingerprint density at radius 3 is 2.52 bits per heavy atom. The molecule has 9 heteroatoms. The lowest BCUT2D eigenvalue weighted by molar-refractivity contribution is -0.384. The van der Waals surface area contributed by atoms with E-state index in [0.29, 0.717) is 11.5 Å². The zero-order valence-electron chi connectivity index (χ0n) is 16.3. The molecule has 1 heterocycles. The molecule has 0 saturated heterocycles. The number of amides is 1. The number of nitrogens with zero attached hydrogens (tertiary/aromatic N) is 4. The lowest BCUT2D eigenvalue weighted by Crippen LogP contribution is -2.14. The first-order chi connectivity index (χ1) is 14.9. The highest BCUT2D eigenvalue weighted by molar-refractivity contribution is 6.02. The van der Waals surface area contributed by atoms with Gasteiger partial charge in [-0.25, -0.2) is 14.1 Å². The van der Waals surface area contributed by atoms with Gasteiger partial charge in [-0.2, -0.15) is 0 Å². The molecule has 0 atom stereocenters. The summed E-state index contributed by atoms with van der Waals surface area (Å²) in [5, 5.41) is 17.8. The maximum absolute atomic E-state index is 13.4. The zero-order chi connectivity index (χ0) is 22.0. The number of rotatable bonds is 5. The Morgan fingerprint density at radius 2 is 1.81 bits per heavy atom. The van der Waals surface area contributed by atoms with Gasteiger partial charge < -0.3 is 5.32 Å².